The average Bonchev–Trinajstić information content (AvgIpc) is 3.16. The van der Waals surface area contributed by atoms with Crippen LogP contribution in [0.15, 0.2) is 66.0 Å². The van der Waals surface area contributed by atoms with E-state index >= 15 is 0 Å². The van der Waals surface area contributed by atoms with E-state index in [0.717, 1.165) is 17.8 Å². The van der Waals surface area contributed by atoms with Crippen molar-refractivity contribution < 1.29 is 14.8 Å². The lowest BCUT2D eigenvalue weighted by Gasteiger charge is -2.05. The van der Waals surface area contributed by atoms with Gasteiger partial charge in [-0.2, -0.15) is 10.2 Å². The molecule has 0 saturated carbocycles. The summed E-state index contributed by atoms with van der Waals surface area (Å²) in [6.07, 6.45) is 4.64. The summed E-state index contributed by atoms with van der Waals surface area (Å²) < 4.78 is 1.74. The van der Waals surface area contributed by atoms with Crippen LogP contribution in [0.2, 0.25) is 0 Å². The number of aromatic nitrogens is 2. The van der Waals surface area contributed by atoms with Gasteiger partial charge in [-0.3, -0.25) is 19.6 Å². The number of nitrogens with one attached hydrogen (secondary N) is 1. The predicted molar refractivity (Wildman–Crippen MR) is 97.6 cm³/mol. The molecule has 0 aliphatic carbocycles. The van der Waals surface area contributed by atoms with Gasteiger partial charge in [0.25, 0.3) is 11.6 Å². The summed E-state index contributed by atoms with van der Waals surface area (Å²) in [4.78, 5) is 22.4. The molecule has 0 bridgehead atoms. The number of non-ortho nitro benzene ring substituents is 1. The molecule has 0 unspecified atom stereocenters. The van der Waals surface area contributed by atoms with Crippen LogP contribution in [0.1, 0.15) is 21.5 Å². The quantitative estimate of drug-likeness (QED) is 0.394. The first-order valence-electron chi connectivity index (χ1n) is 7.90. The summed E-state index contributed by atoms with van der Waals surface area (Å²) in [7, 11) is 0. The van der Waals surface area contributed by atoms with Gasteiger partial charge in [0.05, 0.1) is 17.7 Å². The normalized spacial score (nSPS) is 10.8. The van der Waals surface area contributed by atoms with Crippen molar-refractivity contribution >= 4 is 17.8 Å². The highest BCUT2D eigenvalue weighted by Gasteiger charge is 2.09. The highest BCUT2D eigenvalue weighted by atomic mass is 16.6. The number of benzene rings is 2. The summed E-state index contributed by atoms with van der Waals surface area (Å²) >= 11 is 0. The number of rotatable bonds is 6. The number of hydrogen-bond acceptors (Lipinski definition) is 6. The lowest BCUT2D eigenvalue weighted by molar-refractivity contribution is -0.384. The largest absolute Gasteiger partial charge is 0.507 e. The maximum absolute atomic E-state index is 12.2. The second-order valence-corrected chi connectivity index (χ2v) is 5.60. The Morgan fingerprint density at radius 1 is 1.30 bits per heavy atom. The second-order valence-electron chi connectivity index (χ2n) is 5.60. The number of phenols is 1. The molecule has 0 aliphatic rings. The first-order valence-corrected chi connectivity index (χ1v) is 7.90. The molecule has 0 spiro atoms. The van der Waals surface area contributed by atoms with Crippen LogP contribution in [0.4, 0.5) is 5.69 Å². The SMILES string of the molecule is O=C(N/N=C/c1cc([N+](=O)[O-])ccc1O)c1cccc(Cn2cccn2)c1. The number of nitrogens with zero attached hydrogens (tertiary/aromatic N) is 4. The van der Waals surface area contributed by atoms with Gasteiger partial charge in [-0.1, -0.05) is 12.1 Å². The first-order chi connectivity index (χ1) is 13.0. The number of carbonyl (C=O) groups is 1. The third kappa shape index (κ3) is 4.54. The molecule has 0 fully saturated rings. The topological polar surface area (TPSA) is 123 Å². The van der Waals surface area contributed by atoms with Gasteiger partial charge in [0, 0.05) is 35.7 Å². The van der Waals surface area contributed by atoms with Crippen LogP contribution in [0, 0.1) is 10.1 Å². The van der Waals surface area contributed by atoms with E-state index in [2.05, 4.69) is 15.6 Å². The van der Waals surface area contributed by atoms with Crippen LogP contribution in [-0.4, -0.2) is 31.9 Å². The van der Waals surface area contributed by atoms with E-state index in [-0.39, 0.29) is 17.0 Å². The fraction of sp³-hybridized carbons (Fsp3) is 0.0556. The molecule has 0 saturated heterocycles. The van der Waals surface area contributed by atoms with Crippen LogP contribution in [0.25, 0.3) is 0 Å². The van der Waals surface area contributed by atoms with Gasteiger partial charge in [-0.05, 0) is 29.8 Å². The monoisotopic (exact) mass is 365 g/mol. The number of amides is 1. The first kappa shape index (κ1) is 17.8. The fourth-order valence-corrected chi connectivity index (χ4v) is 2.38. The van der Waals surface area contributed by atoms with Crippen molar-refractivity contribution in [3.05, 3.63) is 87.7 Å². The zero-order valence-electron chi connectivity index (χ0n) is 14.0. The summed E-state index contributed by atoms with van der Waals surface area (Å²) in [5.41, 5.74) is 3.57. The summed E-state index contributed by atoms with van der Waals surface area (Å²) in [6.45, 7) is 0.527. The third-order valence-electron chi connectivity index (χ3n) is 3.68. The van der Waals surface area contributed by atoms with E-state index in [1.807, 2.05) is 18.3 Å². The molecule has 27 heavy (non-hydrogen) atoms. The maximum atomic E-state index is 12.2. The Bertz CT molecular complexity index is 999. The molecular weight excluding hydrogens is 350 g/mol. The van der Waals surface area contributed by atoms with Crippen LogP contribution in [-0.2, 0) is 6.54 Å². The number of hydrogen-bond donors (Lipinski definition) is 2. The van der Waals surface area contributed by atoms with Gasteiger partial charge < -0.3 is 5.11 Å². The smallest absolute Gasteiger partial charge is 0.271 e. The molecule has 0 radical (unpaired) electrons. The van der Waals surface area contributed by atoms with Gasteiger partial charge in [-0.25, -0.2) is 5.43 Å². The summed E-state index contributed by atoms with van der Waals surface area (Å²) in [5.74, 6) is -0.627. The zero-order chi connectivity index (χ0) is 19.2. The van der Waals surface area contributed by atoms with E-state index in [1.165, 1.54) is 12.1 Å². The Balaban J connectivity index is 1.68. The molecule has 1 heterocycles. The van der Waals surface area contributed by atoms with E-state index in [4.69, 9.17) is 0 Å². The van der Waals surface area contributed by atoms with E-state index in [0.29, 0.717) is 12.1 Å². The predicted octanol–water partition coefficient (Wildman–Crippen LogP) is 2.31. The van der Waals surface area contributed by atoms with E-state index < -0.39 is 10.8 Å². The molecule has 0 atom stereocenters. The molecule has 136 valence electrons. The molecule has 2 aromatic carbocycles. The van der Waals surface area contributed by atoms with Crippen molar-refractivity contribution in [2.24, 2.45) is 5.10 Å². The fourth-order valence-electron chi connectivity index (χ4n) is 2.38. The number of phenolic OH excluding ortho intramolecular Hbond substituents is 1. The molecule has 9 heteroatoms. The van der Waals surface area contributed by atoms with Crippen LogP contribution in [0.3, 0.4) is 0 Å². The van der Waals surface area contributed by atoms with Crippen LogP contribution in [0.5, 0.6) is 5.75 Å². The minimum Gasteiger partial charge on any atom is -0.507 e. The summed E-state index contributed by atoms with van der Waals surface area (Å²) in [6, 6.07) is 12.3. The molecule has 1 aromatic heterocycles. The van der Waals surface area contributed by atoms with Crippen molar-refractivity contribution in [2.45, 2.75) is 6.54 Å². The van der Waals surface area contributed by atoms with Crippen LogP contribution < -0.4 is 5.43 Å². The second kappa shape index (κ2) is 7.91. The minimum atomic E-state index is -0.583. The number of carbonyl (C=O) groups excluding carboxylic acids is 1. The molecule has 9 nitrogen and oxygen atoms in total. The van der Waals surface area contributed by atoms with Gasteiger partial charge in [-0.15, -0.1) is 0 Å². The Morgan fingerprint density at radius 3 is 2.89 bits per heavy atom. The minimum absolute atomic E-state index is 0.122. The lowest BCUT2D eigenvalue weighted by atomic mass is 10.1. The number of nitro benzene ring substituents is 1. The molecule has 3 aromatic rings. The molecule has 0 aliphatic heterocycles. The number of hydrazone groups is 1. The van der Waals surface area contributed by atoms with Gasteiger partial charge in [0.2, 0.25) is 0 Å². The van der Waals surface area contributed by atoms with Crippen molar-refractivity contribution in [3.8, 4) is 5.75 Å². The van der Waals surface area contributed by atoms with Crippen LogP contribution >= 0.6 is 0 Å². The Morgan fingerprint density at radius 2 is 2.15 bits per heavy atom. The third-order valence-corrected chi connectivity index (χ3v) is 3.68. The number of nitro groups is 1. The zero-order valence-corrected chi connectivity index (χ0v) is 14.0. The van der Waals surface area contributed by atoms with Crippen molar-refractivity contribution in [1.82, 2.24) is 15.2 Å². The average molecular weight is 365 g/mol. The Labute approximate surface area is 153 Å². The van der Waals surface area contributed by atoms with Gasteiger partial charge in [0.1, 0.15) is 5.75 Å². The number of aromatic hydroxyl groups is 1. The summed E-state index contributed by atoms with van der Waals surface area (Å²) in [5, 5.41) is 28.4. The Hall–Kier alpha value is -4.01. The molecule has 1 amide bonds. The molecule has 3 rings (SSSR count). The van der Waals surface area contributed by atoms with Crippen molar-refractivity contribution in [3.63, 3.8) is 0 Å². The van der Waals surface area contributed by atoms with E-state index in [9.17, 15) is 20.0 Å². The van der Waals surface area contributed by atoms with Gasteiger partial charge in [0.15, 0.2) is 0 Å². The standard InChI is InChI=1S/C18H15N5O4/c24-17-6-5-16(23(26)27)10-15(17)11-19-21-18(25)14-4-1-3-13(9-14)12-22-8-2-7-20-22/h1-11,24H,12H2,(H,21,25)/b19-11+. The van der Waals surface area contributed by atoms with E-state index in [1.54, 1.807) is 29.1 Å². The van der Waals surface area contributed by atoms with Crippen molar-refractivity contribution in [1.29, 1.82) is 0 Å². The highest BCUT2D eigenvalue weighted by molar-refractivity contribution is 5.95. The molecular formula is C18H15N5O4. The lowest BCUT2D eigenvalue weighted by Crippen LogP contribution is -2.18. The van der Waals surface area contributed by atoms with Gasteiger partial charge >= 0.3 is 0 Å². The maximum Gasteiger partial charge on any atom is 0.271 e. The Kier molecular flexibility index (Phi) is 5.22. The molecule has 2 N–H and O–H groups in total. The highest BCUT2D eigenvalue weighted by Crippen LogP contribution is 2.21. The van der Waals surface area contributed by atoms with Crippen molar-refractivity contribution in [2.75, 3.05) is 0 Å².